The highest BCUT2D eigenvalue weighted by Gasteiger charge is 2.11. The van der Waals surface area contributed by atoms with Crippen LogP contribution in [0.3, 0.4) is 0 Å². The van der Waals surface area contributed by atoms with Gasteiger partial charge in [-0.2, -0.15) is 0 Å². The number of benzene rings is 2. The minimum absolute atomic E-state index is 0.110. The van der Waals surface area contributed by atoms with Gasteiger partial charge in [0.2, 0.25) is 5.91 Å². The molecule has 3 aromatic rings. The van der Waals surface area contributed by atoms with Gasteiger partial charge in [-0.3, -0.25) is 13.9 Å². The number of rotatable bonds is 4. The molecule has 0 aliphatic heterocycles. The van der Waals surface area contributed by atoms with Crippen molar-refractivity contribution in [1.82, 2.24) is 9.13 Å². The fourth-order valence-electron chi connectivity index (χ4n) is 2.58. The molecule has 0 saturated heterocycles. The minimum atomic E-state index is -0.122. The predicted molar refractivity (Wildman–Crippen MR) is 94.6 cm³/mol. The molecule has 23 heavy (non-hydrogen) atoms. The summed E-state index contributed by atoms with van der Waals surface area (Å²) in [5.41, 5.74) is 2.33. The fraction of sp³-hybridized carbons (Fsp3) is 0.176. The van der Waals surface area contributed by atoms with Crippen molar-refractivity contribution in [1.29, 1.82) is 0 Å². The van der Waals surface area contributed by atoms with Gasteiger partial charge in [-0.1, -0.05) is 34.1 Å². The summed E-state index contributed by atoms with van der Waals surface area (Å²) in [7, 11) is 1.74. The summed E-state index contributed by atoms with van der Waals surface area (Å²) in [6.45, 7) is 0.347. The minimum Gasteiger partial charge on any atom is -0.326 e. The van der Waals surface area contributed by atoms with E-state index < -0.39 is 0 Å². The first kappa shape index (κ1) is 15.6. The topological polar surface area (TPSA) is 56.0 Å². The maximum absolute atomic E-state index is 12.3. The van der Waals surface area contributed by atoms with Gasteiger partial charge in [0, 0.05) is 30.2 Å². The lowest BCUT2D eigenvalue weighted by Gasteiger charge is -2.06. The van der Waals surface area contributed by atoms with E-state index in [4.69, 9.17) is 0 Å². The third kappa shape index (κ3) is 3.22. The number of anilines is 1. The van der Waals surface area contributed by atoms with Gasteiger partial charge in [-0.05, 0) is 30.3 Å². The van der Waals surface area contributed by atoms with Crippen molar-refractivity contribution >= 4 is 38.6 Å². The molecule has 1 heterocycles. The first-order valence-electron chi connectivity index (χ1n) is 7.26. The largest absolute Gasteiger partial charge is 0.328 e. The maximum Gasteiger partial charge on any atom is 0.328 e. The summed E-state index contributed by atoms with van der Waals surface area (Å²) < 4.78 is 4.14. The lowest BCUT2D eigenvalue weighted by Crippen LogP contribution is -2.24. The quantitative estimate of drug-likeness (QED) is 0.763. The van der Waals surface area contributed by atoms with Gasteiger partial charge in [0.1, 0.15) is 0 Å². The average Bonchev–Trinajstić information content (AvgIpc) is 2.77. The zero-order valence-electron chi connectivity index (χ0n) is 12.6. The molecule has 0 saturated carbocycles. The van der Waals surface area contributed by atoms with E-state index in [-0.39, 0.29) is 18.0 Å². The summed E-state index contributed by atoms with van der Waals surface area (Å²) in [4.78, 5) is 24.4. The Kier molecular flexibility index (Phi) is 4.34. The Morgan fingerprint density at radius 3 is 2.61 bits per heavy atom. The summed E-state index contributed by atoms with van der Waals surface area (Å²) in [5, 5.41) is 2.84. The van der Waals surface area contributed by atoms with Crippen LogP contribution in [0.25, 0.3) is 11.0 Å². The van der Waals surface area contributed by atoms with E-state index in [9.17, 15) is 9.59 Å². The van der Waals surface area contributed by atoms with Crippen LogP contribution in [0.2, 0.25) is 0 Å². The highest BCUT2D eigenvalue weighted by atomic mass is 79.9. The molecule has 2 aromatic carbocycles. The number of nitrogens with zero attached hydrogens (tertiary/aromatic N) is 2. The van der Waals surface area contributed by atoms with Crippen LogP contribution in [0, 0.1) is 0 Å². The van der Waals surface area contributed by atoms with Crippen LogP contribution in [-0.2, 0) is 18.4 Å². The molecule has 1 aromatic heterocycles. The van der Waals surface area contributed by atoms with Crippen LogP contribution < -0.4 is 11.0 Å². The Labute approximate surface area is 141 Å². The van der Waals surface area contributed by atoms with Crippen molar-refractivity contribution in [2.24, 2.45) is 7.05 Å². The second-order valence-electron chi connectivity index (χ2n) is 5.29. The molecule has 0 fully saturated rings. The standard InChI is InChI=1S/C17H16BrN3O2/c1-20-14-7-2-3-8-15(14)21(17(20)23)10-9-16(22)19-13-6-4-5-12(18)11-13/h2-8,11H,9-10H2,1H3,(H,19,22). The van der Waals surface area contributed by atoms with Crippen molar-refractivity contribution in [3.63, 3.8) is 0 Å². The zero-order chi connectivity index (χ0) is 16.4. The Balaban J connectivity index is 1.75. The Morgan fingerprint density at radius 2 is 1.87 bits per heavy atom. The number of carbonyl (C=O) groups excluding carboxylic acids is 1. The van der Waals surface area contributed by atoms with Gasteiger partial charge < -0.3 is 5.32 Å². The van der Waals surface area contributed by atoms with Crippen molar-refractivity contribution in [2.75, 3.05) is 5.32 Å². The molecular weight excluding hydrogens is 358 g/mol. The fourth-order valence-corrected chi connectivity index (χ4v) is 2.98. The first-order chi connectivity index (χ1) is 11.1. The molecule has 6 heteroatoms. The number of fused-ring (bicyclic) bond motifs is 1. The lowest BCUT2D eigenvalue weighted by atomic mass is 10.3. The summed E-state index contributed by atoms with van der Waals surface area (Å²) in [6.07, 6.45) is 0.237. The van der Waals surface area contributed by atoms with E-state index in [1.165, 1.54) is 0 Å². The zero-order valence-corrected chi connectivity index (χ0v) is 14.2. The highest BCUT2D eigenvalue weighted by Crippen LogP contribution is 2.16. The maximum atomic E-state index is 12.3. The van der Waals surface area contributed by atoms with E-state index in [2.05, 4.69) is 21.2 Å². The number of hydrogen-bond donors (Lipinski definition) is 1. The van der Waals surface area contributed by atoms with Gasteiger partial charge in [-0.15, -0.1) is 0 Å². The molecule has 0 atom stereocenters. The number of halogens is 1. The van der Waals surface area contributed by atoms with Crippen molar-refractivity contribution in [3.05, 3.63) is 63.5 Å². The van der Waals surface area contributed by atoms with E-state index in [1.807, 2.05) is 48.5 Å². The number of para-hydroxylation sites is 2. The number of imidazole rings is 1. The van der Waals surface area contributed by atoms with Crippen molar-refractivity contribution in [3.8, 4) is 0 Å². The van der Waals surface area contributed by atoms with Crippen LogP contribution >= 0.6 is 15.9 Å². The van der Waals surface area contributed by atoms with E-state index in [1.54, 1.807) is 16.2 Å². The molecule has 118 valence electrons. The van der Waals surface area contributed by atoms with E-state index in [0.717, 1.165) is 21.2 Å². The molecule has 0 unspecified atom stereocenters. The molecule has 0 radical (unpaired) electrons. The van der Waals surface area contributed by atoms with E-state index >= 15 is 0 Å². The molecule has 0 aliphatic carbocycles. The second kappa shape index (κ2) is 6.42. The van der Waals surface area contributed by atoms with Gasteiger partial charge in [0.15, 0.2) is 0 Å². The Hall–Kier alpha value is -2.34. The van der Waals surface area contributed by atoms with Crippen LogP contribution in [0.4, 0.5) is 5.69 Å². The van der Waals surface area contributed by atoms with Crippen LogP contribution in [-0.4, -0.2) is 15.0 Å². The van der Waals surface area contributed by atoms with Gasteiger partial charge in [0.25, 0.3) is 0 Å². The monoisotopic (exact) mass is 373 g/mol. The Morgan fingerprint density at radius 1 is 1.13 bits per heavy atom. The third-order valence-electron chi connectivity index (χ3n) is 3.72. The first-order valence-corrected chi connectivity index (χ1v) is 8.05. The van der Waals surface area contributed by atoms with Crippen molar-refractivity contribution in [2.45, 2.75) is 13.0 Å². The predicted octanol–water partition coefficient (Wildman–Crippen LogP) is 3.13. The van der Waals surface area contributed by atoms with Gasteiger partial charge in [-0.25, -0.2) is 4.79 Å². The number of aryl methyl sites for hydroxylation is 2. The smallest absolute Gasteiger partial charge is 0.326 e. The van der Waals surface area contributed by atoms with Gasteiger partial charge in [0.05, 0.1) is 11.0 Å². The second-order valence-corrected chi connectivity index (χ2v) is 6.21. The molecular formula is C17H16BrN3O2. The average molecular weight is 374 g/mol. The molecule has 5 nitrogen and oxygen atoms in total. The SMILES string of the molecule is Cn1c(=O)n(CCC(=O)Nc2cccc(Br)c2)c2ccccc21. The lowest BCUT2D eigenvalue weighted by molar-refractivity contribution is -0.116. The van der Waals surface area contributed by atoms with Crippen molar-refractivity contribution < 1.29 is 4.79 Å². The number of aromatic nitrogens is 2. The van der Waals surface area contributed by atoms with Crippen LogP contribution in [0.5, 0.6) is 0 Å². The molecule has 0 aliphatic rings. The summed E-state index contributed by atoms with van der Waals surface area (Å²) in [6, 6.07) is 15.0. The number of carbonyl (C=O) groups is 1. The number of amides is 1. The van der Waals surface area contributed by atoms with E-state index in [0.29, 0.717) is 6.54 Å². The molecule has 1 N–H and O–H groups in total. The normalized spacial score (nSPS) is 10.9. The summed E-state index contributed by atoms with van der Waals surface area (Å²) in [5.74, 6) is -0.122. The van der Waals surface area contributed by atoms with Crippen LogP contribution in [0.1, 0.15) is 6.42 Å². The molecule has 0 bridgehead atoms. The highest BCUT2D eigenvalue weighted by molar-refractivity contribution is 9.10. The third-order valence-corrected chi connectivity index (χ3v) is 4.22. The molecule has 1 amide bonds. The summed E-state index contributed by atoms with van der Waals surface area (Å²) >= 11 is 3.37. The molecule has 3 rings (SSSR count). The molecule has 0 spiro atoms. The number of hydrogen-bond acceptors (Lipinski definition) is 2. The Bertz CT molecular complexity index is 927. The number of nitrogens with one attached hydrogen (secondary N) is 1. The van der Waals surface area contributed by atoms with Gasteiger partial charge >= 0.3 is 5.69 Å². The van der Waals surface area contributed by atoms with Crippen LogP contribution in [0.15, 0.2) is 57.8 Å².